The van der Waals surface area contributed by atoms with Crippen molar-refractivity contribution < 1.29 is 9.39 Å². The van der Waals surface area contributed by atoms with E-state index in [1.54, 1.807) is 0 Å². The van der Waals surface area contributed by atoms with Crippen LogP contribution in [0.3, 0.4) is 0 Å². The largest absolute Gasteiger partial charge is 0.551 e. The molecule has 0 amide bonds. The Balaban J connectivity index is 0.986. The number of benzene rings is 9. The van der Waals surface area contributed by atoms with Gasteiger partial charge in [0.25, 0.3) is 0 Å². The molecule has 0 aliphatic carbocycles. The molecule has 0 fully saturated rings. The molecular weight excluding hydrogens is 733 g/mol. The van der Waals surface area contributed by atoms with Gasteiger partial charge in [-0.25, -0.2) is 0 Å². The summed E-state index contributed by atoms with van der Waals surface area (Å²) in [4.78, 5) is 0. The number of aromatic nitrogens is 1. The van der Waals surface area contributed by atoms with Crippen molar-refractivity contribution in [2.24, 2.45) is 0 Å². The second-order valence-corrected chi connectivity index (χ2v) is 19.3. The average Bonchev–Trinajstić information content (AvgIpc) is 3.64. The molecule has 0 saturated heterocycles. The van der Waals surface area contributed by atoms with Gasteiger partial charge < -0.3 is 14.0 Å². The Hall–Kier alpha value is -7.34. The van der Waals surface area contributed by atoms with Crippen LogP contribution in [0.15, 0.2) is 218 Å². The first-order chi connectivity index (χ1) is 29.3. The molecule has 12 rings (SSSR count). The highest BCUT2D eigenvalue weighted by molar-refractivity contribution is 7.20. The van der Waals surface area contributed by atoms with Gasteiger partial charge in [-0.3, -0.25) is 0 Å². The molecule has 0 atom stereocenters. The second kappa shape index (κ2) is 13.4. The van der Waals surface area contributed by atoms with Crippen molar-refractivity contribution in [3.63, 3.8) is 0 Å². The summed E-state index contributed by atoms with van der Waals surface area (Å²) in [6, 6.07) is 79.2. The zero-order chi connectivity index (χ0) is 38.9. The lowest BCUT2D eigenvalue weighted by atomic mass is 9.51. The number of hydrogen-bond acceptors (Lipinski definition) is 2. The van der Waals surface area contributed by atoms with E-state index in [0.29, 0.717) is 0 Å². The van der Waals surface area contributed by atoms with Crippen LogP contribution in [0.4, 0.5) is 0 Å². The van der Waals surface area contributed by atoms with E-state index in [1.807, 2.05) is 0 Å². The van der Waals surface area contributed by atoms with Crippen LogP contribution < -0.4 is 41.1 Å². The van der Waals surface area contributed by atoms with Crippen molar-refractivity contribution in [2.45, 2.75) is 0 Å². The normalized spacial score (nSPS) is 12.6. The molecule has 0 bridgehead atoms. The summed E-state index contributed by atoms with van der Waals surface area (Å²) in [5.41, 5.74) is 10.1. The SMILES string of the molecule is c1ccc([Si](c2ccccc2)(c2ccccc2)c2ccc3c(c2)-c2cccc4c2B(O3)c2ccc(-c3ccccc3-n3c5ccccc5c5ccccc53)cc2O4)cc1. The first-order valence-electron chi connectivity index (χ1n) is 20.3. The Morgan fingerprint density at radius 1 is 0.390 bits per heavy atom. The van der Waals surface area contributed by atoms with Crippen molar-refractivity contribution in [2.75, 3.05) is 0 Å². The van der Waals surface area contributed by atoms with Gasteiger partial charge in [-0.2, -0.15) is 0 Å². The average molecular weight is 770 g/mol. The molecular formula is C54H36BNO2Si. The van der Waals surface area contributed by atoms with Gasteiger partial charge in [-0.1, -0.05) is 182 Å². The number of rotatable bonds is 6. The molecule has 0 radical (unpaired) electrons. The third-order valence-electron chi connectivity index (χ3n) is 12.4. The molecule has 5 heteroatoms. The predicted molar refractivity (Wildman–Crippen MR) is 247 cm³/mol. The van der Waals surface area contributed by atoms with Gasteiger partial charge >= 0.3 is 6.92 Å². The van der Waals surface area contributed by atoms with Crippen LogP contribution in [-0.2, 0) is 0 Å². The Kier molecular flexibility index (Phi) is 7.65. The number of ether oxygens (including phenoxy) is 1. The molecule has 0 saturated carbocycles. The summed E-state index contributed by atoms with van der Waals surface area (Å²) in [7, 11) is -2.75. The minimum Gasteiger partial charge on any atom is -0.551 e. The van der Waals surface area contributed by atoms with Crippen LogP contribution in [0.5, 0.6) is 17.2 Å². The Labute approximate surface area is 344 Å². The maximum Gasteiger partial charge on any atom is 0.434 e. The molecule has 0 spiro atoms. The monoisotopic (exact) mass is 769 g/mol. The van der Waals surface area contributed by atoms with Gasteiger partial charge in [0, 0.05) is 32.8 Å². The van der Waals surface area contributed by atoms with E-state index in [4.69, 9.17) is 9.39 Å². The van der Waals surface area contributed by atoms with Crippen LogP contribution in [0.1, 0.15) is 0 Å². The summed E-state index contributed by atoms with van der Waals surface area (Å²) in [6.07, 6.45) is 0. The van der Waals surface area contributed by atoms with Gasteiger partial charge in [0.1, 0.15) is 17.2 Å². The topological polar surface area (TPSA) is 23.4 Å². The summed E-state index contributed by atoms with van der Waals surface area (Å²) in [6.45, 7) is -0.302. The lowest BCUT2D eigenvalue weighted by molar-refractivity contribution is 0.479. The molecule has 59 heavy (non-hydrogen) atoms. The van der Waals surface area contributed by atoms with Crippen LogP contribution in [0.2, 0.25) is 0 Å². The first-order valence-corrected chi connectivity index (χ1v) is 22.3. The smallest absolute Gasteiger partial charge is 0.434 e. The second-order valence-electron chi connectivity index (χ2n) is 15.5. The first kappa shape index (κ1) is 33.8. The van der Waals surface area contributed by atoms with Gasteiger partial charge in [0.05, 0.1) is 16.7 Å². The maximum absolute atomic E-state index is 7.11. The summed E-state index contributed by atoms with van der Waals surface area (Å²) in [5.74, 6) is 2.54. The van der Waals surface area contributed by atoms with Crippen molar-refractivity contribution in [3.05, 3.63) is 218 Å². The number of fused-ring (bicyclic) bond motifs is 7. The quantitative estimate of drug-likeness (QED) is 0.125. The van der Waals surface area contributed by atoms with Crippen molar-refractivity contribution >= 4 is 68.5 Å². The Bertz CT molecular complexity index is 3090. The summed E-state index contributed by atoms with van der Waals surface area (Å²) in [5, 5.41) is 7.83. The zero-order valence-corrected chi connectivity index (χ0v) is 33.1. The maximum atomic E-state index is 7.11. The highest BCUT2D eigenvalue weighted by Gasteiger charge is 2.44. The van der Waals surface area contributed by atoms with Gasteiger partial charge in [0.15, 0.2) is 8.07 Å². The van der Waals surface area contributed by atoms with E-state index < -0.39 is 8.07 Å². The zero-order valence-electron chi connectivity index (χ0n) is 32.1. The third-order valence-corrected chi connectivity index (χ3v) is 17.2. The minimum atomic E-state index is -2.75. The predicted octanol–water partition coefficient (Wildman–Crippen LogP) is 9.10. The number of para-hydroxylation sites is 3. The van der Waals surface area contributed by atoms with Crippen molar-refractivity contribution in [3.8, 4) is 45.2 Å². The van der Waals surface area contributed by atoms with E-state index in [1.165, 1.54) is 42.6 Å². The number of hydrogen-bond donors (Lipinski definition) is 0. The van der Waals surface area contributed by atoms with Crippen LogP contribution in [0.25, 0.3) is 49.7 Å². The molecule has 0 N–H and O–H groups in total. The molecule has 3 nitrogen and oxygen atoms in total. The van der Waals surface area contributed by atoms with Crippen molar-refractivity contribution in [1.29, 1.82) is 0 Å². The van der Waals surface area contributed by atoms with Gasteiger partial charge in [-0.05, 0) is 68.3 Å². The molecule has 276 valence electrons. The van der Waals surface area contributed by atoms with Gasteiger partial charge in [-0.15, -0.1) is 0 Å². The van der Waals surface area contributed by atoms with E-state index in [2.05, 4.69) is 223 Å². The third kappa shape index (κ3) is 5.08. The van der Waals surface area contributed by atoms with E-state index in [-0.39, 0.29) is 6.92 Å². The minimum absolute atomic E-state index is 0.302. The Morgan fingerprint density at radius 2 is 0.966 bits per heavy atom. The lowest BCUT2D eigenvalue weighted by Gasteiger charge is -2.36. The standard InChI is InChI=1S/C54H36BNO2Si/c1-4-17-38(18-5-1)59(39-19-6-2-7-20-39,40-21-8-3-9-22-40)41-32-34-51-46(36-41)45-26-16-30-52-54(45)55(58-51)47-33-31-37(35-53(47)57-52)42-23-10-13-27-48(42)56-49-28-14-11-24-43(49)44-25-12-15-29-50(44)56/h1-36H. The molecule has 1 aromatic heterocycles. The molecule has 9 aromatic carbocycles. The van der Waals surface area contributed by atoms with Crippen LogP contribution in [-0.4, -0.2) is 19.6 Å². The van der Waals surface area contributed by atoms with E-state index >= 15 is 0 Å². The molecule has 3 heterocycles. The molecule has 2 aliphatic heterocycles. The van der Waals surface area contributed by atoms with Crippen LogP contribution >= 0.6 is 0 Å². The Morgan fingerprint density at radius 3 is 1.63 bits per heavy atom. The summed E-state index contributed by atoms with van der Waals surface area (Å²) < 4.78 is 16.4. The van der Waals surface area contributed by atoms with E-state index in [9.17, 15) is 0 Å². The molecule has 2 aliphatic rings. The van der Waals surface area contributed by atoms with E-state index in [0.717, 1.165) is 56.1 Å². The highest BCUT2D eigenvalue weighted by atomic mass is 28.3. The lowest BCUT2D eigenvalue weighted by Crippen LogP contribution is -2.74. The van der Waals surface area contributed by atoms with Crippen LogP contribution in [0, 0.1) is 0 Å². The fourth-order valence-corrected chi connectivity index (χ4v) is 14.7. The van der Waals surface area contributed by atoms with Crippen molar-refractivity contribution in [1.82, 2.24) is 4.57 Å². The molecule has 10 aromatic rings. The highest BCUT2D eigenvalue weighted by Crippen LogP contribution is 2.41. The summed E-state index contributed by atoms with van der Waals surface area (Å²) >= 11 is 0. The fourth-order valence-electron chi connectivity index (χ4n) is 9.90. The molecule has 0 unspecified atom stereocenters. The fraction of sp³-hybridized carbons (Fsp3) is 0. The number of nitrogens with zero attached hydrogens (tertiary/aromatic N) is 1. The van der Waals surface area contributed by atoms with Gasteiger partial charge in [0.2, 0.25) is 0 Å².